The second kappa shape index (κ2) is 7.78. The van der Waals surface area contributed by atoms with E-state index in [0.29, 0.717) is 18.9 Å². The van der Waals surface area contributed by atoms with Crippen LogP contribution in [0.2, 0.25) is 0 Å². The largest absolute Gasteiger partial charge is 0.356 e. The summed E-state index contributed by atoms with van der Waals surface area (Å²) in [5, 5.41) is 14.6. The highest BCUT2D eigenvalue weighted by molar-refractivity contribution is 7.07. The van der Waals surface area contributed by atoms with E-state index in [1.807, 2.05) is 13.8 Å². The van der Waals surface area contributed by atoms with Gasteiger partial charge in [-0.2, -0.15) is 16.3 Å². The summed E-state index contributed by atoms with van der Waals surface area (Å²) in [6.07, 6.45) is 0.679. The second-order valence-corrected chi connectivity index (χ2v) is 5.72. The Morgan fingerprint density at radius 2 is 2.29 bits per heavy atom. The molecule has 7 heteroatoms. The van der Waals surface area contributed by atoms with Crippen LogP contribution in [0.3, 0.4) is 0 Å². The first-order valence-electron chi connectivity index (χ1n) is 6.97. The zero-order chi connectivity index (χ0) is 15.1. The molecular weight excluding hydrogens is 286 g/mol. The lowest BCUT2D eigenvalue weighted by atomic mass is 10.2. The molecule has 6 nitrogen and oxygen atoms in total. The molecule has 21 heavy (non-hydrogen) atoms. The maximum absolute atomic E-state index is 5.20. The van der Waals surface area contributed by atoms with Crippen molar-refractivity contribution in [3.63, 3.8) is 0 Å². The van der Waals surface area contributed by atoms with Gasteiger partial charge in [0.05, 0.1) is 0 Å². The summed E-state index contributed by atoms with van der Waals surface area (Å²) in [6, 6.07) is 2.09. The first kappa shape index (κ1) is 15.5. The summed E-state index contributed by atoms with van der Waals surface area (Å²) in [5.41, 5.74) is 1.25. The SMILES string of the molecule is CN=C(NCCc1nc(C(C)C)no1)NCc1ccsc1. The molecule has 0 aliphatic rings. The maximum atomic E-state index is 5.20. The van der Waals surface area contributed by atoms with E-state index in [4.69, 9.17) is 4.52 Å². The van der Waals surface area contributed by atoms with E-state index in [0.717, 1.165) is 18.3 Å². The molecule has 2 N–H and O–H groups in total. The average molecular weight is 307 g/mol. The zero-order valence-electron chi connectivity index (χ0n) is 12.6. The molecule has 0 saturated carbocycles. The summed E-state index contributed by atoms with van der Waals surface area (Å²) >= 11 is 1.69. The van der Waals surface area contributed by atoms with Crippen molar-refractivity contribution in [2.24, 2.45) is 4.99 Å². The van der Waals surface area contributed by atoms with E-state index >= 15 is 0 Å². The number of guanidine groups is 1. The van der Waals surface area contributed by atoms with Crippen molar-refractivity contribution in [2.75, 3.05) is 13.6 Å². The van der Waals surface area contributed by atoms with Gasteiger partial charge in [0.1, 0.15) is 0 Å². The lowest BCUT2D eigenvalue weighted by Gasteiger charge is -2.10. The molecular formula is C14H21N5OS. The van der Waals surface area contributed by atoms with Crippen LogP contribution in [0.15, 0.2) is 26.3 Å². The molecule has 0 aromatic carbocycles. The Hall–Kier alpha value is -1.89. The molecule has 2 aromatic rings. The number of thiophene rings is 1. The Morgan fingerprint density at radius 3 is 2.90 bits per heavy atom. The number of nitrogens with zero attached hydrogens (tertiary/aromatic N) is 3. The van der Waals surface area contributed by atoms with Crippen LogP contribution in [0.1, 0.15) is 37.0 Å². The van der Waals surface area contributed by atoms with Crippen LogP contribution in [0.25, 0.3) is 0 Å². The molecule has 0 amide bonds. The molecule has 0 bridgehead atoms. The fourth-order valence-corrected chi connectivity index (χ4v) is 2.36. The lowest BCUT2D eigenvalue weighted by molar-refractivity contribution is 0.371. The number of rotatable bonds is 6. The van der Waals surface area contributed by atoms with Crippen molar-refractivity contribution in [1.82, 2.24) is 20.8 Å². The van der Waals surface area contributed by atoms with Gasteiger partial charge in [-0.1, -0.05) is 19.0 Å². The minimum atomic E-state index is 0.288. The van der Waals surface area contributed by atoms with Gasteiger partial charge >= 0.3 is 0 Å². The summed E-state index contributed by atoms with van der Waals surface area (Å²) in [7, 11) is 1.76. The minimum absolute atomic E-state index is 0.288. The predicted octanol–water partition coefficient (Wildman–Crippen LogP) is 2.16. The molecule has 0 fully saturated rings. The number of hydrogen-bond donors (Lipinski definition) is 2. The molecule has 2 heterocycles. The minimum Gasteiger partial charge on any atom is -0.356 e. The Kier molecular flexibility index (Phi) is 5.74. The van der Waals surface area contributed by atoms with Crippen LogP contribution in [-0.4, -0.2) is 29.7 Å². The van der Waals surface area contributed by atoms with Crippen LogP contribution in [0.4, 0.5) is 0 Å². The highest BCUT2D eigenvalue weighted by Crippen LogP contribution is 2.09. The van der Waals surface area contributed by atoms with Gasteiger partial charge in [-0.05, 0) is 22.4 Å². The summed E-state index contributed by atoms with van der Waals surface area (Å²) < 4.78 is 5.20. The highest BCUT2D eigenvalue weighted by atomic mass is 32.1. The van der Waals surface area contributed by atoms with Crippen LogP contribution < -0.4 is 10.6 Å². The molecule has 0 aliphatic carbocycles. The quantitative estimate of drug-likeness (QED) is 0.632. The van der Waals surface area contributed by atoms with Crippen molar-refractivity contribution < 1.29 is 4.52 Å². The lowest BCUT2D eigenvalue weighted by Crippen LogP contribution is -2.37. The van der Waals surface area contributed by atoms with Crippen molar-refractivity contribution >= 4 is 17.3 Å². The van der Waals surface area contributed by atoms with Crippen LogP contribution in [0.5, 0.6) is 0 Å². The monoisotopic (exact) mass is 307 g/mol. The van der Waals surface area contributed by atoms with E-state index in [2.05, 4.69) is 42.6 Å². The van der Waals surface area contributed by atoms with Gasteiger partial charge in [-0.25, -0.2) is 0 Å². The third-order valence-electron chi connectivity index (χ3n) is 2.90. The molecule has 0 radical (unpaired) electrons. The van der Waals surface area contributed by atoms with E-state index in [1.54, 1.807) is 18.4 Å². The Bertz CT molecular complexity index is 562. The van der Waals surface area contributed by atoms with Gasteiger partial charge in [-0.15, -0.1) is 0 Å². The van der Waals surface area contributed by atoms with Crippen molar-refractivity contribution in [1.29, 1.82) is 0 Å². The summed E-state index contributed by atoms with van der Waals surface area (Å²) in [5.74, 6) is 2.46. The molecule has 0 unspecified atom stereocenters. The Balaban J connectivity index is 1.72. The van der Waals surface area contributed by atoms with E-state index in [-0.39, 0.29) is 5.92 Å². The van der Waals surface area contributed by atoms with Gasteiger partial charge in [0, 0.05) is 32.5 Å². The number of nitrogens with one attached hydrogen (secondary N) is 2. The van der Waals surface area contributed by atoms with Crippen LogP contribution in [-0.2, 0) is 13.0 Å². The molecule has 0 atom stereocenters. The van der Waals surface area contributed by atoms with Gasteiger partial charge in [0.25, 0.3) is 0 Å². The fraction of sp³-hybridized carbons (Fsp3) is 0.500. The Morgan fingerprint density at radius 1 is 1.43 bits per heavy atom. The van der Waals surface area contributed by atoms with Crippen molar-refractivity contribution in [2.45, 2.75) is 32.7 Å². The summed E-state index contributed by atoms with van der Waals surface area (Å²) in [4.78, 5) is 8.53. The second-order valence-electron chi connectivity index (χ2n) is 4.94. The van der Waals surface area contributed by atoms with E-state index < -0.39 is 0 Å². The van der Waals surface area contributed by atoms with Gasteiger partial charge in [0.15, 0.2) is 11.8 Å². The first-order valence-corrected chi connectivity index (χ1v) is 7.91. The number of aromatic nitrogens is 2. The summed E-state index contributed by atoms with van der Waals surface area (Å²) in [6.45, 7) is 5.55. The molecule has 114 valence electrons. The highest BCUT2D eigenvalue weighted by Gasteiger charge is 2.09. The molecule has 0 spiro atoms. The fourth-order valence-electron chi connectivity index (χ4n) is 1.69. The Labute approximate surface area is 128 Å². The van der Waals surface area contributed by atoms with Crippen molar-refractivity contribution in [3.8, 4) is 0 Å². The molecule has 2 aromatic heterocycles. The molecule has 0 saturated heterocycles. The first-order chi connectivity index (χ1) is 10.2. The normalized spacial score (nSPS) is 11.9. The van der Waals surface area contributed by atoms with Crippen LogP contribution in [0, 0.1) is 0 Å². The topological polar surface area (TPSA) is 75.3 Å². The van der Waals surface area contributed by atoms with E-state index in [9.17, 15) is 0 Å². The van der Waals surface area contributed by atoms with Crippen molar-refractivity contribution in [3.05, 3.63) is 34.1 Å². The van der Waals surface area contributed by atoms with E-state index in [1.165, 1.54) is 5.56 Å². The maximum Gasteiger partial charge on any atom is 0.228 e. The zero-order valence-corrected chi connectivity index (χ0v) is 13.4. The predicted molar refractivity (Wildman–Crippen MR) is 84.6 cm³/mol. The standard InChI is InChI=1S/C14H21N5OS/c1-10(2)13-18-12(20-19-13)4-6-16-14(15-3)17-8-11-5-7-21-9-11/h5,7,9-10H,4,6,8H2,1-3H3,(H2,15,16,17). The van der Waals surface area contributed by atoms with Gasteiger partial charge in [0.2, 0.25) is 5.89 Å². The third kappa shape index (κ3) is 4.86. The smallest absolute Gasteiger partial charge is 0.228 e. The average Bonchev–Trinajstić information content (AvgIpc) is 3.13. The number of aliphatic imine (C=N–C) groups is 1. The molecule has 0 aliphatic heterocycles. The van der Waals surface area contributed by atoms with Gasteiger partial charge < -0.3 is 15.2 Å². The van der Waals surface area contributed by atoms with Gasteiger partial charge in [-0.3, -0.25) is 4.99 Å². The molecule has 2 rings (SSSR count). The third-order valence-corrected chi connectivity index (χ3v) is 3.63. The number of hydrogen-bond acceptors (Lipinski definition) is 5. The van der Waals surface area contributed by atoms with Crippen LogP contribution >= 0.6 is 11.3 Å².